The van der Waals surface area contributed by atoms with Crippen LogP contribution in [0.4, 0.5) is 0 Å². The van der Waals surface area contributed by atoms with E-state index in [1.54, 1.807) is 0 Å². The van der Waals surface area contributed by atoms with Crippen LogP contribution in [0.25, 0.3) is 0 Å². The van der Waals surface area contributed by atoms with Gasteiger partial charge in [0.05, 0.1) is 0 Å². The fourth-order valence-electron chi connectivity index (χ4n) is 2.94. The van der Waals surface area contributed by atoms with E-state index in [0.29, 0.717) is 17.9 Å². The molecule has 2 atom stereocenters. The Balaban J connectivity index is 1.85. The number of hydrogen-bond donors (Lipinski definition) is 2. The predicted molar refractivity (Wildman–Crippen MR) is 78.1 cm³/mol. The molecular weight excluding hydrogens is 236 g/mol. The maximum atomic E-state index is 5.78. The molecule has 1 saturated carbocycles. The van der Waals surface area contributed by atoms with Crippen LogP contribution in [0, 0.1) is 0 Å². The fourth-order valence-corrected chi connectivity index (χ4v) is 2.94. The topological polar surface area (TPSA) is 67.6 Å². The lowest BCUT2D eigenvalue weighted by molar-refractivity contribution is 0.429. The molecule has 1 aliphatic rings. The standard InChI is InChI=1S/C15H28N4/c1-11(7-6-8-12(2)16)14-17-15(19-18-14)13-9-4-3-5-10-13/h11-13H,3-10,16H2,1-2H3,(H,17,18,19). The van der Waals surface area contributed by atoms with Crippen molar-refractivity contribution in [1.29, 1.82) is 0 Å². The van der Waals surface area contributed by atoms with E-state index in [1.165, 1.54) is 32.1 Å². The van der Waals surface area contributed by atoms with Crippen molar-refractivity contribution in [2.24, 2.45) is 5.73 Å². The highest BCUT2D eigenvalue weighted by Crippen LogP contribution is 2.31. The Hall–Kier alpha value is -0.900. The minimum atomic E-state index is 0.303. The lowest BCUT2D eigenvalue weighted by atomic mass is 9.89. The Kier molecular flexibility index (Phi) is 5.37. The highest BCUT2D eigenvalue weighted by atomic mass is 15.2. The van der Waals surface area contributed by atoms with E-state index in [0.717, 1.165) is 30.9 Å². The van der Waals surface area contributed by atoms with Gasteiger partial charge in [0.1, 0.15) is 5.82 Å². The van der Waals surface area contributed by atoms with Gasteiger partial charge in [0.25, 0.3) is 0 Å². The van der Waals surface area contributed by atoms with Crippen molar-refractivity contribution in [3.63, 3.8) is 0 Å². The number of hydrogen-bond acceptors (Lipinski definition) is 3. The number of H-pyrrole nitrogens is 1. The molecule has 19 heavy (non-hydrogen) atoms. The summed E-state index contributed by atoms with van der Waals surface area (Å²) in [5.74, 6) is 3.16. The number of nitrogens with two attached hydrogens (primary N) is 1. The van der Waals surface area contributed by atoms with Crippen molar-refractivity contribution in [3.05, 3.63) is 11.6 Å². The molecule has 0 aliphatic heterocycles. The second kappa shape index (κ2) is 7.04. The van der Waals surface area contributed by atoms with Gasteiger partial charge < -0.3 is 5.73 Å². The maximum absolute atomic E-state index is 5.78. The third-order valence-corrected chi connectivity index (χ3v) is 4.25. The van der Waals surface area contributed by atoms with Gasteiger partial charge in [-0.05, 0) is 32.6 Å². The molecule has 2 rings (SSSR count). The summed E-state index contributed by atoms with van der Waals surface area (Å²) in [5, 5.41) is 7.59. The maximum Gasteiger partial charge on any atom is 0.153 e. The smallest absolute Gasteiger partial charge is 0.153 e. The number of aromatic amines is 1. The Morgan fingerprint density at radius 3 is 2.63 bits per heavy atom. The molecule has 2 unspecified atom stereocenters. The van der Waals surface area contributed by atoms with Crippen molar-refractivity contribution in [2.45, 2.75) is 83.1 Å². The predicted octanol–water partition coefficient (Wildman–Crippen LogP) is 3.47. The van der Waals surface area contributed by atoms with Crippen LogP contribution in [-0.4, -0.2) is 21.2 Å². The second-order valence-corrected chi connectivity index (χ2v) is 6.22. The molecule has 108 valence electrons. The third-order valence-electron chi connectivity index (χ3n) is 4.25. The highest BCUT2D eigenvalue weighted by Gasteiger charge is 2.20. The highest BCUT2D eigenvalue weighted by molar-refractivity contribution is 5.02. The normalized spacial score (nSPS) is 20.4. The van der Waals surface area contributed by atoms with Crippen molar-refractivity contribution in [3.8, 4) is 0 Å². The van der Waals surface area contributed by atoms with Crippen LogP contribution in [0.15, 0.2) is 0 Å². The van der Waals surface area contributed by atoms with Gasteiger partial charge >= 0.3 is 0 Å². The largest absolute Gasteiger partial charge is 0.328 e. The van der Waals surface area contributed by atoms with Gasteiger partial charge in [-0.3, -0.25) is 5.10 Å². The second-order valence-electron chi connectivity index (χ2n) is 6.22. The van der Waals surface area contributed by atoms with E-state index >= 15 is 0 Å². The van der Waals surface area contributed by atoms with Gasteiger partial charge in [-0.1, -0.05) is 32.6 Å². The van der Waals surface area contributed by atoms with E-state index in [1.807, 2.05) is 0 Å². The zero-order valence-electron chi connectivity index (χ0n) is 12.4. The monoisotopic (exact) mass is 264 g/mol. The fraction of sp³-hybridized carbons (Fsp3) is 0.867. The Labute approximate surface area is 116 Å². The summed E-state index contributed by atoms with van der Waals surface area (Å²) in [6.07, 6.45) is 9.97. The average molecular weight is 264 g/mol. The summed E-state index contributed by atoms with van der Waals surface area (Å²) < 4.78 is 0. The van der Waals surface area contributed by atoms with Crippen LogP contribution in [-0.2, 0) is 0 Å². The van der Waals surface area contributed by atoms with E-state index in [2.05, 4.69) is 24.0 Å². The molecule has 4 nitrogen and oxygen atoms in total. The Morgan fingerprint density at radius 1 is 1.21 bits per heavy atom. The summed E-state index contributed by atoms with van der Waals surface area (Å²) in [7, 11) is 0. The number of aromatic nitrogens is 3. The van der Waals surface area contributed by atoms with Crippen LogP contribution >= 0.6 is 0 Å². The molecule has 4 heteroatoms. The van der Waals surface area contributed by atoms with Crippen LogP contribution in [0.5, 0.6) is 0 Å². The lowest BCUT2D eigenvalue weighted by Crippen LogP contribution is -2.14. The molecule has 3 N–H and O–H groups in total. The van der Waals surface area contributed by atoms with Crippen LogP contribution in [0.3, 0.4) is 0 Å². The number of nitrogens with zero attached hydrogens (tertiary/aromatic N) is 2. The molecule has 0 bridgehead atoms. The van der Waals surface area contributed by atoms with Gasteiger partial charge in [0.15, 0.2) is 5.82 Å². The quantitative estimate of drug-likeness (QED) is 0.826. The Morgan fingerprint density at radius 2 is 1.95 bits per heavy atom. The van der Waals surface area contributed by atoms with Gasteiger partial charge in [0.2, 0.25) is 0 Å². The molecule has 1 aromatic heterocycles. The van der Waals surface area contributed by atoms with Crippen molar-refractivity contribution >= 4 is 0 Å². The lowest BCUT2D eigenvalue weighted by Gasteiger charge is -2.18. The SMILES string of the molecule is CC(N)CCCC(C)c1n[nH]c(C2CCCCC2)n1. The zero-order valence-corrected chi connectivity index (χ0v) is 12.4. The molecule has 1 aromatic rings. The first-order chi connectivity index (χ1) is 9.16. The van der Waals surface area contributed by atoms with Gasteiger partial charge in [-0.25, -0.2) is 4.98 Å². The van der Waals surface area contributed by atoms with Gasteiger partial charge in [-0.2, -0.15) is 5.10 Å². The first-order valence-corrected chi connectivity index (χ1v) is 7.84. The molecule has 1 fully saturated rings. The summed E-state index contributed by atoms with van der Waals surface area (Å²) >= 11 is 0. The number of nitrogens with one attached hydrogen (secondary N) is 1. The van der Waals surface area contributed by atoms with E-state index in [4.69, 9.17) is 10.7 Å². The molecule has 0 saturated heterocycles. The third kappa shape index (κ3) is 4.30. The van der Waals surface area contributed by atoms with Crippen LogP contribution in [0.1, 0.15) is 88.7 Å². The molecule has 0 spiro atoms. The first kappa shape index (κ1) is 14.5. The molecule has 1 aliphatic carbocycles. The summed E-state index contributed by atoms with van der Waals surface area (Å²) in [6, 6.07) is 0.303. The molecule has 0 radical (unpaired) electrons. The van der Waals surface area contributed by atoms with Crippen LogP contribution < -0.4 is 5.73 Å². The molecule has 0 aromatic carbocycles. The Bertz CT molecular complexity index is 366. The first-order valence-electron chi connectivity index (χ1n) is 7.84. The van der Waals surface area contributed by atoms with Gasteiger partial charge in [0, 0.05) is 17.9 Å². The summed E-state index contributed by atoms with van der Waals surface area (Å²) in [4.78, 5) is 4.73. The van der Waals surface area contributed by atoms with Gasteiger partial charge in [-0.15, -0.1) is 0 Å². The zero-order chi connectivity index (χ0) is 13.7. The molecule has 1 heterocycles. The number of rotatable bonds is 6. The summed E-state index contributed by atoms with van der Waals surface area (Å²) in [6.45, 7) is 4.29. The summed E-state index contributed by atoms with van der Waals surface area (Å²) in [5.41, 5.74) is 5.78. The van der Waals surface area contributed by atoms with Crippen molar-refractivity contribution < 1.29 is 0 Å². The molecule has 0 amide bonds. The minimum Gasteiger partial charge on any atom is -0.328 e. The van der Waals surface area contributed by atoms with Crippen molar-refractivity contribution in [2.75, 3.05) is 0 Å². The average Bonchev–Trinajstić information content (AvgIpc) is 2.89. The molecular formula is C15H28N4. The van der Waals surface area contributed by atoms with Crippen LogP contribution in [0.2, 0.25) is 0 Å². The van der Waals surface area contributed by atoms with E-state index < -0.39 is 0 Å². The van der Waals surface area contributed by atoms with E-state index in [9.17, 15) is 0 Å². The van der Waals surface area contributed by atoms with Crippen molar-refractivity contribution in [1.82, 2.24) is 15.2 Å². The van der Waals surface area contributed by atoms with E-state index in [-0.39, 0.29) is 0 Å². The minimum absolute atomic E-state index is 0.303.